The van der Waals surface area contributed by atoms with Crippen LogP contribution in [0.5, 0.6) is 23.0 Å². The molecule has 3 aromatic carbocycles. The Kier molecular flexibility index (Phi) is 11.9. The second-order valence-electron chi connectivity index (χ2n) is 16.0. The molecule has 6 atom stereocenters. The number of fused-ring (bicyclic) bond motifs is 3. The number of carbonyl (C=O) groups is 1. The van der Waals surface area contributed by atoms with E-state index in [1.807, 2.05) is 65.6 Å². The van der Waals surface area contributed by atoms with Crippen molar-refractivity contribution in [1.82, 2.24) is 4.90 Å². The lowest BCUT2D eigenvalue weighted by atomic mass is 9.55. The van der Waals surface area contributed by atoms with Crippen LogP contribution in [0.1, 0.15) is 80.4 Å². The third-order valence-corrected chi connectivity index (χ3v) is 12.3. The fraction of sp³-hybridized carbons (Fsp3) is 0.478. The summed E-state index contributed by atoms with van der Waals surface area (Å²) in [5.74, 6) is 0.0812. The van der Waals surface area contributed by atoms with Gasteiger partial charge in [-0.05, 0) is 97.4 Å². The van der Waals surface area contributed by atoms with E-state index in [4.69, 9.17) is 28.9 Å². The third kappa shape index (κ3) is 8.02. The maximum Gasteiger partial charge on any atom is 0.239 e. The predicted octanol–water partition coefficient (Wildman–Crippen LogP) is 7.39. The zero-order valence-corrected chi connectivity index (χ0v) is 32.5. The Labute approximate surface area is 334 Å². The van der Waals surface area contributed by atoms with E-state index in [2.05, 4.69) is 12.7 Å². The van der Waals surface area contributed by atoms with E-state index >= 15 is 0 Å². The summed E-state index contributed by atoms with van der Waals surface area (Å²) in [5, 5.41) is 35.7. The molecule has 0 spiro atoms. The van der Waals surface area contributed by atoms with Crippen LogP contribution in [0.2, 0.25) is 0 Å². The fourth-order valence-corrected chi connectivity index (χ4v) is 9.56. The molecule has 8 rings (SSSR count). The highest BCUT2D eigenvalue weighted by atomic mass is 16.7. The van der Waals surface area contributed by atoms with Gasteiger partial charge in [-0.25, -0.2) is 0 Å². The molecule has 2 heterocycles. The number of hydrogen-bond donors (Lipinski definition) is 3. The molecule has 11 nitrogen and oxygen atoms in total. The number of phenolic OH excluding ortho intramolecular Hbond substituents is 1. The number of allylic oxidation sites excluding steroid dienone is 1. The van der Waals surface area contributed by atoms with Gasteiger partial charge in [-0.1, -0.05) is 66.5 Å². The first-order chi connectivity index (χ1) is 27.9. The molecule has 6 unspecified atom stereocenters. The number of ether oxygens (including phenoxy) is 4. The van der Waals surface area contributed by atoms with Gasteiger partial charge in [0.15, 0.2) is 11.5 Å². The Hall–Kier alpha value is -4.84. The average Bonchev–Trinajstić information content (AvgIpc) is 3.98. The van der Waals surface area contributed by atoms with Crippen LogP contribution >= 0.6 is 0 Å². The molecule has 1 amide bonds. The van der Waals surface area contributed by atoms with Gasteiger partial charge < -0.3 is 44.0 Å². The van der Waals surface area contributed by atoms with Crippen molar-refractivity contribution < 1.29 is 43.9 Å². The van der Waals surface area contributed by atoms with Crippen LogP contribution in [0.15, 0.2) is 96.2 Å². The summed E-state index contributed by atoms with van der Waals surface area (Å²) in [6, 6.07) is 20.3. The van der Waals surface area contributed by atoms with Crippen LogP contribution in [0.3, 0.4) is 0 Å². The Bertz CT molecular complexity index is 1960. The predicted molar refractivity (Wildman–Crippen MR) is 214 cm³/mol. The van der Waals surface area contributed by atoms with Crippen LogP contribution in [0, 0.1) is 23.7 Å². The first kappa shape index (κ1) is 39.0. The van der Waals surface area contributed by atoms with Gasteiger partial charge >= 0.3 is 0 Å². The van der Waals surface area contributed by atoms with Gasteiger partial charge in [-0.15, -0.1) is 6.58 Å². The van der Waals surface area contributed by atoms with Gasteiger partial charge in [-0.3, -0.25) is 4.79 Å². The number of oxime groups is 1. The van der Waals surface area contributed by atoms with Crippen molar-refractivity contribution in [2.24, 2.45) is 28.8 Å². The van der Waals surface area contributed by atoms with Crippen LogP contribution in [-0.2, 0) is 27.5 Å². The average molecular weight is 779 g/mol. The number of aliphatic hydroxyl groups is 2. The van der Waals surface area contributed by atoms with Crippen molar-refractivity contribution in [3.8, 4) is 23.0 Å². The zero-order valence-electron chi connectivity index (χ0n) is 32.5. The summed E-state index contributed by atoms with van der Waals surface area (Å²) in [5.41, 5.74) is 4.44. The Morgan fingerprint density at radius 3 is 2.47 bits per heavy atom. The minimum absolute atomic E-state index is 0.0325. The molecule has 5 aliphatic rings. The van der Waals surface area contributed by atoms with E-state index < -0.39 is 17.7 Å². The number of nitrogens with zero attached hydrogens (tertiary/aromatic N) is 2. The van der Waals surface area contributed by atoms with Gasteiger partial charge in [0.1, 0.15) is 24.1 Å². The van der Waals surface area contributed by atoms with E-state index in [9.17, 15) is 20.1 Å². The lowest BCUT2D eigenvalue weighted by Crippen LogP contribution is -2.70. The lowest BCUT2D eigenvalue weighted by molar-refractivity contribution is -0.258. The van der Waals surface area contributed by atoms with Gasteiger partial charge in [0, 0.05) is 43.6 Å². The maximum absolute atomic E-state index is 14.8. The molecule has 0 aromatic heterocycles. The number of rotatable bonds is 18. The van der Waals surface area contributed by atoms with Crippen molar-refractivity contribution in [2.45, 2.75) is 88.7 Å². The Morgan fingerprint density at radius 1 is 0.930 bits per heavy atom. The molecule has 2 saturated carbocycles. The van der Waals surface area contributed by atoms with E-state index in [-0.39, 0.29) is 75.1 Å². The molecule has 3 aliphatic carbocycles. The highest BCUT2D eigenvalue weighted by molar-refractivity contribution is 6.03. The number of benzene rings is 3. The number of unbranched alkanes of at least 4 members (excludes halogenated alkanes) is 2. The summed E-state index contributed by atoms with van der Waals surface area (Å²) in [4.78, 5) is 22.9. The normalized spacial score (nSPS) is 26.2. The second-order valence-corrected chi connectivity index (χ2v) is 16.0. The Balaban J connectivity index is 1.31. The van der Waals surface area contributed by atoms with Crippen molar-refractivity contribution in [3.63, 3.8) is 0 Å². The molecule has 0 bridgehead atoms. The number of aliphatic hydroxyl groups excluding tert-OH is 2. The Morgan fingerprint density at radius 2 is 1.70 bits per heavy atom. The van der Waals surface area contributed by atoms with E-state index in [0.717, 1.165) is 66.5 Å². The molecule has 302 valence electrons. The topological polar surface area (TPSA) is 140 Å². The molecule has 2 aliphatic heterocycles. The van der Waals surface area contributed by atoms with Crippen molar-refractivity contribution in [1.29, 1.82) is 0 Å². The van der Waals surface area contributed by atoms with E-state index in [0.29, 0.717) is 36.5 Å². The van der Waals surface area contributed by atoms with Crippen molar-refractivity contribution >= 4 is 11.6 Å². The quantitative estimate of drug-likeness (QED) is 0.0685. The van der Waals surface area contributed by atoms with Crippen LogP contribution in [-0.4, -0.2) is 70.3 Å². The second kappa shape index (κ2) is 17.3. The lowest BCUT2D eigenvalue weighted by Gasteiger charge is -2.60. The molecule has 0 saturated heterocycles. The third-order valence-electron chi connectivity index (χ3n) is 12.3. The van der Waals surface area contributed by atoms with Crippen molar-refractivity contribution in [2.75, 3.05) is 26.6 Å². The molecule has 57 heavy (non-hydrogen) atoms. The SMILES string of the molecule is C=CCOC12Oc3ccc(O)cc3C3C(CCCCO)C(CCCCO)C=C(C(=NOCc4ccccc4)CC1N(Cc1ccc4c(c1)OCO4)C(=O)C1CC1)C32. The smallest absolute Gasteiger partial charge is 0.239 e. The van der Waals surface area contributed by atoms with Gasteiger partial charge in [-0.2, -0.15) is 0 Å². The molecular formula is C46H54N2O9. The molecule has 3 N–H and O–H groups in total. The number of aromatic hydroxyl groups is 1. The monoisotopic (exact) mass is 778 g/mol. The minimum Gasteiger partial charge on any atom is -0.508 e. The summed E-state index contributed by atoms with van der Waals surface area (Å²) in [6.45, 7) is 5.11. The zero-order chi connectivity index (χ0) is 39.4. The van der Waals surface area contributed by atoms with Gasteiger partial charge in [0.25, 0.3) is 0 Å². The molecule has 2 fully saturated rings. The minimum atomic E-state index is -1.38. The van der Waals surface area contributed by atoms with Crippen LogP contribution in [0.25, 0.3) is 0 Å². The maximum atomic E-state index is 14.8. The summed E-state index contributed by atoms with van der Waals surface area (Å²) in [6.07, 6.45) is 10.6. The van der Waals surface area contributed by atoms with Gasteiger partial charge in [0.2, 0.25) is 18.5 Å². The summed E-state index contributed by atoms with van der Waals surface area (Å²) < 4.78 is 25.7. The van der Waals surface area contributed by atoms with Crippen molar-refractivity contribution in [3.05, 3.63) is 108 Å². The molecule has 3 aromatic rings. The summed E-state index contributed by atoms with van der Waals surface area (Å²) in [7, 11) is 0. The van der Waals surface area contributed by atoms with E-state index in [1.54, 1.807) is 12.1 Å². The first-order valence-electron chi connectivity index (χ1n) is 20.6. The highest BCUT2D eigenvalue weighted by Crippen LogP contribution is 2.62. The largest absolute Gasteiger partial charge is 0.508 e. The molecule has 11 heteroatoms. The number of amides is 1. The van der Waals surface area contributed by atoms with Gasteiger partial charge in [0.05, 0.1) is 18.2 Å². The summed E-state index contributed by atoms with van der Waals surface area (Å²) >= 11 is 0. The van der Waals surface area contributed by atoms with Crippen LogP contribution in [0.4, 0.5) is 0 Å². The fourth-order valence-electron chi connectivity index (χ4n) is 9.56. The number of hydrogen-bond acceptors (Lipinski definition) is 10. The molecule has 0 radical (unpaired) electrons. The first-order valence-corrected chi connectivity index (χ1v) is 20.6. The number of carbonyl (C=O) groups excluding carboxylic acids is 1. The molecular weight excluding hydrogens is 725 g/mol. The standard InChI is InChI=1S/C46H54N2O9/c1-2-22-55-46-42(48(45(52)32-15-16-32)27-31-14-18-40-41(23-31)54-29-53-40)26-38(47-56-28-30-10-4-3-5-11-30)36-24-33(12-6-8-20-49)35(13-7-9-21-50)43(44(36)46)37-25-34(51)17-19-39(37)57-46/h2-5,10-11,14,17-19,23-25,32-33,35,42-44,49-51H,1,6-9,12-13,15-16,20-22,26-29H2. The van der Waals surface area contributed by atoms with E-state index in [1.165, 1.54) is 0 Å². The highest BCUT2D eigenvalue weighted by Gasteiger charge is 2.66. The van der Waals surface area contributed by atoms with Crippen LogP contribution < -0.4 is 14.2 Å². The number of phenols is 1.